The number of fused-ring (bicyclic) bond motifs is 8. The summed E-state index contributed by atoms with van der Waals surface area (Å²) in [5.41, 5.74) is 8.19. The molecule has 0 N–H and O–H groups in total. The van der Waals surface area contributed by atoms with Gasteiger partial charge < -0.3 is 28.4 Å². The molecule has 0 aliphatic carbocycles. The molecule has 9 rings (SSSR count). The maximum Gasteiger partial charge on any atom is 0.261 e. The van der Waals surface area contributed by atoms with E-state index in [2.05, 4.69) is 0 Å². The number of carbonyl (C=O) groups is 2. The molecule has 0 bridgehead atoms. The van der Waals surface area contributed by atoms with E-state index in [4.69, 9.17) is 55.9 Å². The van der Waals surface area contributed by atoms with Gasteiger partial charge in [-0.05, 0) is 78.6 Å². The molecule has 0 fully saturated rings. The fourth-order valence-corrected chi connectivity index (χ4v) is 8.90. The molecule has 0 spiro atoms. The van der Waals surface area contributed by atoms with Gasteiger partial charge in [-0.25, -0.2) is 0 Å². The average Bonchev–Trinajstić information content (AvgIpc) is 3.81. The van der Waals surface area contributed by atoms with E-state index in [9.17, 15) is 9.59 Å². The zero-order valence-corrected chi connectivity index (χ0v) is 38.6. The number of benzene rings is 5. The fourth-order valence-electron chi connectivity index (χ4n) is 8.77. The van der Waals surface area contributed by atoms with Crippen LogP contribution in [0.5, 0.6) is 23.0 Å². The first-order chi connectivity index (χ1) is 32.0. The third-order valence-electron chi connectivity index (χ3n) is 11.8. The molecular formula is C51H53N5O9S. The van der Waals surface area contributed by atoms with Crippen molar-refractivity contribution in [3.05, 3.63) is 124 Å². The van der Waals surface area contributed by atoms with Crippen molar-refractivity contribution in [2.45, 2.75) is 56.7 Å². The second-order valence-electron chi connectivity index (χ2n) is 17.1. The van der Waals surface area contributed by atoms with E-state index in [0.717, 1.165) is 39.3 Å². The van der Waals surface area contributed by atoms with Crippen molar-refractivity contribution in [3.63, 3.8) is 0 Å². The third-order valence-corrected chi connectivity index (χ3v) is 11.9. The summed E-state index contributed by atoms with van der Waals surface area (Å²) >= 11 is 4.86. The molecule has 342 valence electrons. The Bertz CT molecular complexity index is 2540. The molecule has 5 aromatic carbocycles. The lowest BCUT2D eigenvalue weighted by molar-refractivity contribution is 0.0157. The Kier molecular flexibility index (Phi) is 13.0. The summed E-state index contributed by atoms with van der Waals surface area (Å²) in [6.07, 6.45) is 5.05. The van der Waals surface area contributed by atoms with Crippen LogP contribution >= 0.6 is 12.6 Å². The highest BCUT2D eigenvalue weighted by Gasteiger charge is 2.38. The van der Waals surface area contributed by atoms with Gasteiger partial charge in [0.25, 0.3) is 11.8 Å². The first-order valence-corrected chi connectivity index (χ1v) is 22.4. The number of hydroxylamine groups is 1. The average molecular weight is 912 g/mol. The summed E-state index contributed by atoms with van der Waals surface area (Å²) in [4.78, 5) is 47.7. The van der Waals surface area contributed by atoms with Crippen LogP contribution in [-0.2, 0) is 40.4 Å². The standard InChI is InChI=1S/C51H53N5O9S/c1-51(2,66)31-54(65-17-16-62-15-14-59-3)36-19-32(29-63-47-25-41-39(23-45(47)60-4)49(57)55-37(27-52-41)21-34-10-6-8-12-43(34)55)18-33(20-36)30-64-48-26-42-40(24-46(48)61-5)50(58)56-38(28-53-42)22-35-11-7-9-13-44(35)56/h6-13,18-20,23-28,37-38,66H,14-17,21-22,29-31H2,1-5H3/t37-,38-/m0/s1. The number of para-hydroxylation sites is 2. The van der Waals surface area contributed by atoms with Crippen molar-refractivity contribution in [2.75, 3.05) is 69.2 Å². The zero-order chi connectivity index (χ0) is 46.0. The van der Waals surface area contributed by atoms with Crippen LogP contribution in [0.3, 0.4) is 0 Å². The largest absolute Gasteiger partial charge is 0.493 e. The van der Waals surface area contributed by atoms with Crippen LogP contribution in [0.4, 0.5) is 28.4 Å². The Hall–Kier alpha value is -6.39. The monoisotopic (exact) mass is 911 g/mol. The van der Waals surface area contributed by atoms with E-state index in [-0.39, 0.29) is 43.7 Å². The number of nitrogens with zero attached hydrogens (tertiary/aromatic N) is 5. The van der Waals surface area contributed by atoms with E-state index >= 15 is 0 Å². The molecule has 4 aliphatic heterocycles. The van der Waals surface area contributed by atoms with Gasteiger partial charge in [0.2, 0.25) is 0 Å². The Morgan fingerprint density at radius 1 is 0.652 bits per heavy atom. The van der Waals surface area contributed by atoms with Crippen molar-refractivity contribution in [1.29, 1.82) is 0 Å². The summed E-state index contributed by atoms with van der Waals surface area (Å²) in [6.45, 7) is 6.26. The number of methoxy groups -OCH3 is 3. The minimum atomic E-state index is -0.450. The van der Waals surface area contributed by atoms with Gasteiger partial charge in [0.15, 0.2) is 23.0 Å². The SMILES string of the molecule is COCCOCCON(CC(C)(C)S)c1cc(COc2cc3c(cc2OC)C(=O)N2c4ccccc4C[C@H]2C=N3)cc(COc2cc3c(cc2OC)C(=O)N2c4ccccc4C[C@H]2C=N3)c1. The molecule has 2 atom stereocenters. The van der Waals surface area contributed by atoms with Crippen molar-refractivity contribution in [3.8, 4) is 23.0 Å². The fraction of sp³-hybridized carbons (Fsp3) is 0.333. The zero-order valence-electron chi connectivity index (χ0n) is 37.7. The van der Waals surface area contributed by atoms with Crippen LogP contribution < -0.4 is 33.8 Å². The Morgan fingerprint density at radius 2 is 1.15 bits per heavy atom. The highest BCUT2D eigenvalue weighted by atomic mass is 32.1. The molecule has 15 heteroatoms. The third kappa shape index (κ3) is 9.34. The number of ether oxygens (including phenoxy) is 6. The van der Waals surface area contributed by atoms with Gasteiger partial charge in [-0.15, -0.1) is 0 Å². The molecule has 5 aromatic rings. The lowest BCUT2D eigenvalue weighted by Crippen LogP contribution is -2.37. The molecule has 2 amide bonds. The number of aliphatic imine (C=N–C) groups is 2. The summed E-state index contributed by atoms with van der Waals surface area (Å²) in [7, 11) is 4.74. The molecule has 0 radical (unpaired) electrons. The first kappa shape index (κ1) is 44.8. The van der Waals surface area contributed by atoms with Gasteiger partial charge in [-0.1, -0.05) is 36.4 Å². The summed E-state index contributed by atoms with van der Waals surface area (Å²) in [5, 5.41) is 1.81. The quantitative estimate of drug-likeness (QED) is 0.0518. The number of anilines is 3. The second-order valence-corrected chi connectivity index (χ2v) is 18.3. The van der Waals surface area contributed by atoms with Crippen molar-refractivity contribution in [2.24, 2.45) is 9.98 Å². The Morgan fingerprint density at radius 3 is 1.64 bits per heavy atom. The predicted molar refractivity (Wildman–Crippen MR) is 258 cm³/mol. The van der Waals surface area contributed by atoms with Crippen molar-refractivity contribution in [1.82, 2.24) is 0 Å². The maximum atomic E-state index is 14.1. The molecule has 0 saturated heterocycles. The van der Waals surface area contributed by atoms with E-state index in [1.807, 2.05) is 93.0 Å². The van der Waals surface area contributed by atoms with E-state index in [0.29, 0.717) is 84.7 Å². The van der Waals surface area contributed by atoms with Crippen LogP contribution in [0, 0.1) is 0 Å². The topological polar surface area (TPSA) is 133 Å². The van der Waals surface area contributed by atoms with Crippen LogP contribution in [-0.4, -0.2) is 95.4 Å². The van der Waals surface area contributed by atoms with Gasteiger partial charge >= 0.3 is 0 Å². The highest BCUT2D eigenvalue weighted by Crippen LogP contribution is 2.43. The number of amides is 2. The van der Waals surface area contributed by atoms with Crippen LogP contribution in [0.25, 0.3) is 0 Å². The smallest absolute Gasteiger partial charge is 0.261 e. The van der Waals surface area contributed by atoms with E-state index in [1.165, 1.54) is 0 Å². The van der Waals surface area contributed by atoms with E-state index < -0.39 is 4.75 Å². The molecule has 4 heterocycles. The molecule has 4 aliphatic rings. The summed E-state index contributed by atoms with van der Waals surface area (Å²) < 4.78 is 35.1. The minimum absolute atomic E-state index is 0.119. The maximum absolute atomic E-state index is 14.1. The van der Waals surface area contributed by atoms with Crippen molar-refractivity contribution >= 4 is 65.3 Å². The Labute approximate surface area is 390 Å². The molecule has 0 unspecified atom stereocenters. The van der Waals surface area contributed by atoms with Crippen LogP contribution in [0.15, 0.2) is 101 Å². The van der Waals surface area contributed by atoms with Crippen LogP contribution in [0.2, 0.25) is 0 Å². The minimum Gasteiger partial charge on any atom is -0.493 e. The highest BCUT2D eigenvalue weighted by molar-refractivity contribution is 7.81. The van der Waals surface area contributed by atoms with E-state index in [1.54, 1.807) is 60.5 Å². The number of hydrogen-bond acceptors (Lipinski definition) is 13. The second kappa shape index (κ2) is 19.2. The number of carbonyl (C=O) groups excluding carboxylic acids is 2. The first-order valence-electron chi connectivity index (χ1n) is 21.9. The molecule has 66 heavy (non-hydrogen) atoms. The Balaban J connectivity index is 1.00. The lowest BCUT2D eigenvalue weighted by Gasteiger charge is -2.31. The van der Waals surface area contributed by atoms with Gasteiger partial charge in [0.1, 0.15) is 13.2 Å². The van der Waals surface area contributed by atoms with Crippen molar-refractivity contribution < 1.29 is 42.8 Å². The van der Waals surface area contributed by atoms with Gasteiger partial charge in [-0.3, -0.25) is 39.3 Å². The summed E-state index contributed by atoms with van der Waals surface area (Å²) in [6, 6.07) is 28.4. The van der Waals surface area contributed by atoms with Crippen LogP contribution in [0.1, 0.15) is 56.8 Å². The normalized spacial score (nSPS) is 16.7. The number of thiol groups is 1. The van der Waals surface area contributed by atoms with Gasteiger partial charge in [0.05, 0.1) is 87.5 Å². The molecule has 0 saturated carbocycles. The molecule has 14 nitrogen and oxygen atoms in total. The number of hydrogen-bond donors (Lipinski definition) is 1. The molecule has 0 aromatic heterocycles. The number of rotatable bonds is 18. The molecular weight excluding hydrogens is 859 g/mol. The lowest BCUT2D eigenvalue weighted by atomic mass is 10.1. The summed E-state index contributed by atoms with van der Waals surface area (Å²) in [5.74, 6) is 1.37. The van der Waals surface area contributed by atoms with Gasteiger partial charge in [0, 0.05) is 60.6 Å². The van der Waals surface area contributed by atoms with Gasteiger partial charge in [-0.2, -0.15) is 12.6 Å². The predicted octanol–water partition coefficient (Wildman–Crippen LogP) is 8.55.